The monoisotopic (exact) mass is 310 g/mol. The summed E-state index contributed by atoms with van der Waals surface area (Å²) in [7, 11) is 0. The molecule has 1 aliphatic heterocycles. The Balaban J connectivity index is 1.98. The Morgan fingerprint density at radius 3 is 2.76 bits per heavy atom. The number of nitrogens with zero attached hydrogens (tertiary/aromatic N) is 1. The predicted octanol–water partition coefficient (Wildman–Crippen LogP) is 3.80. The van der Waals surface area contributed by atoms with Crippen LogP contribution >= 0.6 is 11.8 Å². The van der Waals surface area contributed by atoms with E-state index in [2.05, 4.69) is 69.6 Å². The maximum absolute atomic E-state index is 6.09. The summed E-state index contributed by atoms with van der Waals surface area (Å²) in [5, 5.41) is 4.21. The van der Waals surface area contributed by atoms with Crippen LogP contribution in [0.2, 0.25) is 0 Å². The first kappa shape index (κ1) is 16.9. The van der Waals surface area contributed by atoms with Crippen molar-refractivity contribution in [1.82, 2.24) is 10.2 Å². The largest absolute Gasteiger partial charge is 0.463 e. The smallest absolute Gasteiger partial charge is 0.120 e. The van der Waals surface area contributed by atoms with Gasteiger partial charge in [-0.2, -0.15) is 11.8 Å². The van der Waals surface area contributed by atoms with Crippen LogP contribution in [-0.2, 0) is 13.1 Å². The van der Waals surface area contributed by atoms with Crippen molar-refractivity contribution in [3.63, 3.8) is 0 Å². The van der Waals surface area contributed by atoms with Crippen LogP contribution < -0.4 is 5.32 Å². The molecule has 2 unspecified atom stereocenters. The van der Waals surface area contributed by atoms with Gasteiger partial charge in [-0.25, -0.2) is 0 Å². The van der Waals surface area contributed by atoms with Crippen LogP contribution in [0, 0.1) is 6.92 Å². The lowest BCUT2D eigenvalue weighted by atomic mass is 10.1. The minimum Gasteiger partial charge on any atom is -0.463 e. The highest BCUT2D eigenvalue weighted by atomic mass is 32.2. The number of furan rings is 1. The zero-order valence-corrected chi connectivity index (χ0v) is 15.1. The molecule has 120 valence electrons. The summed E-state index contributed by atoms with van der Waals surface area (Å²) < 4.78 is 6.09. The molecule has 0 aliphatic carbocycles. The predicted molar refractivity (Wildman–Crippen MR) is 91.8 cm³/mol. The average molecular weight is 311 g/mol. The van der Waals surface area contributed by atoms with Gasteiger partial charge in [0.2, 0.25) is 0 Å². The molecule has 3 nitrogen and oxygen atoms in total. The van der Waals surface area contributed by atoms with Crippen LogP contribution in [0.1, 0.15) is 51.7 Å². The van der Waals surface area contributed by atoms with Crippen LogP contribution in [-0.4, -0.2) is 34.0 Å². The van der Waals surface area contributed by atoms with E-state index < -0.39 is 0 Å². The molecule has 1 aromatic rings. The van der Waals surface area contributed by atoms with Crippen molar-refractivity contribution in [1.29, 1.82) is 0 Å². The molecule has 1 aromatic heterocycles. The lowest BCUT2D eigenvalue weighted by Crippen LogP contribution is -2.43. The number of nitrogens with one attached hydrogen (secondary N) is 1. The van der Waals surface area contributed by atoms with E-state index in [0.717, 1.165) is 31.2 Å². The molecule has 0 bridgehead atoms. The average Bonchev–Trinajstić information content (AvgIpc) is 2.72. The van der Waals surface area contributed by atoms with Crippen molar-refractivity contribution < 1.29 is 4.42 Å². The topological polar surface area (TPSA) is 28.4 Å². The molecule has 1 aliphatic rings. The third kappa shape index (κ3) is 4.76. The van der Waals surface area contributed by atoms with E-state index in [9.17, 15) is 0 Å². The second-order valence-electron chi connectivity index (χ2n) is 7.21. The molecule has 1 fully saturated rings. The van der Waals surface area contributed by atoms with Gasteiger partial charge in [-0.3, -0.25) is 4.90 Å². The number of rotatable bonds is 4. The first-order valence-electron chi connectivity index (χ1n) is 7.95. The van der Waals surface area contributed by atoms with Gasteiger partial charge in [0, 0.05) is 29.1 Å². The summed E-state index contributed by atoms with van der Waals surface area (Å²) in [5.74, 6) is 3.40. The van der Waals surface area contributed by atoms with Crippen molar-refractivity contribution >= 4 is 11.8 Å². The molecule has 4 heteroatoms. The lowest BCUT2D eigenvalue weighted by molar-refractivity contribution is 0.187. The van der Waals surface area contributed by atoms with Gasteiger partial charge >= 0.3 is 0 Å². The lowest BCUT2D eigenvalue weighted by Gasteiger charge is -2.36. The fourth-order valence-electron chi connectivity index (χ4n) is 2.61. The standard InChI is InChI=1S/C17H30N2OS/c1-12-9-15(20-16(12)10-18-17(4,5)6)11-19-7-8-21-14(3)13(19)2/h9,13-14,18H,7-8,10-11H2,1-6H3. The Hall–Kier alpha value is -0.450. The minimum absolute atomic E-state index is 0.118. The summed E-state index contributed by atoms with van der Waals surface area (Å²) in [6.45, 7) is 16.2. The summed E-state index contributed by atoms with van der Waals surface area (Å²) in [5.41, 5.74) is 1.38. The zero-order chi connectivity index (χ0) is 15.6. The van der Waals surface area contributed by atoms with E-state index in [1.54, 1.807) is 0 Å². The van der Waals surface area contributed by atoms with Crippen LogP contribution in [0.25, 0.3) is 0 Å². The quantitative estimate of drug-likeness (QED) is 0.915. The van der Waals surface area contributed by atoms with Gasteiger partial charge in [-0.05, 0) is 46.2 Å². The summed E-state index contributed by atoms with van der Waals surface area (Å²) in [6, 6.07) is 2.82. The van der Waals surface area contributed by atoms with E-state index in [4.69, 9.17) is 4.42 Å². The summed E-state index contributed by atoms with van der Waals surface area (Å²) in [4.78, 5) is 2.54. The van der Waals surface area contributed by atoms with Gasteiger partial charge in [0.05, 0.1) is 13.1 Å². The highest BCUT2D eigenvalue weighted by molar-refractivity contribution is 8.00. The van der Waals surface area contributed by atoms with Crippen molar-refractivity contribution in [2.45, 2.75) is 71.5 Å². The highest BCUT2D eigenvalue weighted by Gasteiger charge is 2.26. The van der Waals surface area contributed by atoms with Crippen LogP contribution in [0.15, 0.2) is 10.5 Å². The molecule has 2 atom stereocenters. The molecule has 2 heterocycles. The molecule has 0 amide bonds. The van der Waals surface area contributed by atoms with Gasteiger partial charge in [-0.15, -0.1) is 0 Å². The van der Waals surface area contributed by atoms with Gasteiger partial charge in [0.25, 0.3) is 0 Å². The second kappa shape index (κ2) is 6.76. The first-order chi connectivity index (χ1) is 9.76. The molecular weight excluding hydrogens is 280 g/mol. The van der Waals surface area contributed by atoms with Gasteiger partial charge < -0.3 is 9.73 Å². The highest BCUT2D eigenvalue weighted by Crippen LogP contribution is 2.26. The number of thioether (sulfide) groups is 1. The molecule has 1 N–H and O–H groups in total. The van der Waals surface area contributed by atoms with Gasteiger partial charge in [0.15, 0.2) is 0 Å². The van der Waals surface area contributed by atoms with E-state index in [0.29, 0.717) is 11.3 Å². The Bertz CT molecular complexity index is 464. The van der Waals surface area contributed by atoms with E-state index in [-0.39, 0.29) is 5.54 Å². The third-order valence-electron chi connectivity index (χ3n) is 4.22. The zero-order valence-electron chi connectivity index (χ0n) is 14.3. The summed E-state index contributed by atoms with van der Waals surface area (Å²) >= 11 is 2.08. The number of hydrogen-bond donors (Lipinski definition) is 1. The van der Waals surface area contributed by atoms with E-state index >= 15 is 0 Å². The SMILES string of the molecule is Cc1cc(CN2CCSC(C)C2C)oc1CNC(C)(C)C. The Morgan fingerprint density at radius 2 is 2.10 bits per heavy atom. The number of aryl methyl sites for hydroxylation is 1. The molecule has 1 saturated heterocycles. The maximum Gasteiger partial charge on any atom is 0.120 e. The molecule has 0 radical (unpaired) electrons. The van der Waals surface area contributed by atoms with Crippen LogP contribution in [0.3, 0.4) is 0 Å². The fourth-order valence-corrected chi connectivity index (χ4v) is 3.77. The summed E-state index contributed by atoms with van der Waals surface area (Å²) in [6.07, 6.45) is 0. The van der Waals surface area contributed by atoms with Crippen molar-refractivity contribution in [2.75, 3.05) is 12.3 Å². The van der Waals surface area contributed by atoms with Crippen molar-refractivity contribution in [3.05, 3.63) is 23.2 Å². The van der Waals surface area contributed by atoms with Gasteiger partial charge in [0.1, 0.15) is 11.5 Å². The molecule has 0 aromatic carbocycles. The molecule has 0 saturated carbocycles. The van der Waals surface area contributed by atoms with Crippen molar-refractivity contribution in [3.8, 4) is 0 Å². The van der Waals surface area contributed by atoms with Crippen molar-refractivity contribution in [2.24, 2.45) is 0 Å². The maximum atomic E-state index is 6.09. The fraction of sp³-hybridized carbons (Fsp3) is 0.765. The Kier molecular flexibility index (Phi) is 5.44. The third-order valence-corrected chi connectivity index (χ3v) is 5.56. The Morgan fingerprint density at radius 1 is 1.38 bits per heavy atom. The van der Waals surface area contributed by atoms with E-state index in [1.165, 1.54) is 11.3 Å². The van der Waals surface area contributed by atoms with Gasteiger partial charge in [-0.1, -0.05) is 6.92 Å². The normalized spacial score (nSPS) is 24.5. The van der Waals surface area contributed by atoms with Crippen LogP contribution in [0.5, 0.6) is 0 Å². The number of hydrogen-bond acceptors (Lipinski definition) is 4. The first-order valence-corrected chi connectivity index (χ1v) is 9.00. The Labute approximate surface area is 133 Å². The second-order valence-corrected chi connectivity index (χ2v) is 8.69. The molecular formula is C17H30N2OS. The molecule has 0 spiro atoms. The minimum atomic E-state index is 0.118. The van der Waals surface area contributed by atoms with Crippen LogP contribution in [0.4, 0.5) is 0 Å². The van der Waals surface area contributed by atoms with E-state index in [1.807, 2.05) is 0 Å². The molecule has 21 heavy (non-hydrogen) atoms. The molecule has 2 rings (SSSR count).